The van der Waals surface area contributed by atoms with Crippen molar-refractivity contribution in [2.24, 2.45) is 5.92 Å². The maximum Gasteiger partial charge on any atom is 0.320 e. The van der Waals surface area contributed by atoms with Gasteiger partial charge in [-0.15, -0.1) is 0 Å². The van der Waals surface area contributed by atoms with Crippen LogP contribution in [0.3, 0.4) is 0 Å². The Morgan fingerprint density at radius 1 is 1.17 bits per heavy atom. The van der Waals surface area contributed by atoms with Gasteiger partial charge in [0.25, 0.3) is 0 Å². The van der Waals surface area contributed by atoms with Gasteiger partial charge in [0.15, 0.2) is 23.2 Å². The zero-order valence-electron chi connectivity index (χ0n) is 16.6. The van der Waals surface area contributed by atoms with Crippen LogP contribution < -0.4 is 10.5 Å². The van der Waals surface area contributed by atoms with Crippen molar-refractivity contribution < 1.29 is 23.9 Å². The van der Waals surface area contributed by atoms with Crippen LogP contribution >= 0.6 is 0 Å². The van der Waals surface area contributed by atoms with Crippen LogP contribution in [-0.4, -0.2) is 69.9 Å². The molecule has 164 valence electrons. The summed E-state index contributed by atoms with van der Waals surface area (Å²) in [7, 11) is -1.10. The highest BCUT2D eigenvalue weighted by atomic mass is 32.2. The zero-order valence-corrected chi connectivity index (χ0v) is 17.4. The molecule has 1 unspecified atom stereocenters. The van der Waals surface area contributed by atoms with E-state index < -0.39 is 35.3 Å². The molecule has 5 rings (SSSR count). The molecule has 1 aliphatic heterocycles. The van der Waals surface area contributed by atoms with E-state index >= 15 is 0 Å². The highest BCUT2D eigenvalue weighted by Crippen LogP contribution is 2.34. The minimum absolute atomic E-state index is 0.0687. The molecule has 0 aromatic carbocycles. The molecule has 1 saturated heterocycles. The van der Waals surface area contributed by atoms with Crippen LogP contribution in [0.1, 0.15) is 44.8 Å². The predicted molar refractivity (Wildman–Crippen MR) is 109 cm³/mol. The fraction of sp³-hybridized carbons (Fsp3) is 0.737. The van der Waals surface area contributed by atoms with E-state index in [1.807, 2.05) is 0 Å². The lowest BCUT2D eigenvalue weighted by Gasteiger charge is -2.17. The van der Waals surface area contributed by atoms with Crippen molar-refractivity contribution in [3.8, 4) is 6.01 Å². The number of aliphatic hydroxyl groups excluding tert-OH is 2. The molecule has 0 bridgehead atoms. The molecular formula is C19H27N5O5S. The van der Waals surface area contributed by atoms with Gasteiger partial charge in [-0.25, -0.2) is 4.98 Å². The predicted octanol–water partition coefficient (Wildman–Crippen LogP) is 0.508. The number of ether oxygens (including phenoxy) is 2. The fourth-order valence-electron chi connectivity index (χ4n) is 4.21. The average Bonchev–Trinajstić information content (AvgIpc) is 3.09. The zero-order chi connectivity index (χ0) is 20.8. The van der Waals surface area contributed by atoms with Gasteiger partial charge in [-0.3, -0.25) is 8.78 Å². The molecular weight excluding hydrogens is 410 g/mol. The van der Waals surface area contributed by atoms with E-state index in [-0.39, 0.29) is 23.7 Å². The highest BCUT2D eigenvalue weighted by molar-refractivity contribution is 7.85. The minimum Gasteiger partial charge on any atom is -0.460 e. The summed E-state index contributed by atoms with van der Waals surface area (Å²) >= 11 is 0. The van der Waals surface area contributed by atoms with Crippen LogP contribution in [0, 0.1) is 5.92 Å². The molecule has 10 nitrogen and oxygen atoms in total. The highest BCUT2D eigenvalue weighted by Gasteiger charge is 2.45. The van der Waals surface area contributed by atoms with E-state index in [0.717, 1.165) is 38.5 Å². The van der Waals surface area contributed by atoms with Gasteiger partial charge in [-0.2, -0.15) is 9.97 Å². The van der Waals surface area contributed by atoms with Crippen molar-refractivity contribution in [1.29, 1.82) is 0 Å². The Labute approximate surface area is 176 Å². The van der Waals surface area contributed by atoms with E-state index in [0.29, 0.717) is 22.8 Å². The van der Waals surface area contributed by atoms with E-state index in [1.165, 1.54) is 10.9 Å². The van der Waals surface area contributed by atoms with Gasteiger partial charge < -0.3 is 25.4 Å². The smallest absolute Gasteiger partial charge is 0.320 e. The Hall–Kier alpha value is -1.82. The second-order valence-electron chi connectivity index (χ2n) is 8.50. The number of anilines is 1. The third kappa shape index (κ3) is 3.91. The van der Waals surface area contributed by atoms with Crippen LogP contribution in [0.2, 0.25) is 0 Å². The van der Waals surface area contributed by atoms with Gasteiger partial charge in [-0.1, -0.05) is 0 Å². The molecule has 2 aromatic heterocycles. The number of aromatic nitrogens is 4. The quantitative estimate of drug-likeness (QED) is 0.564. The summed E-state index contributed by atoms with van der Waals surface area (Å²) in [5.74, 6) is 1.50. The van der Waals surface area contributed by atoms with Crippen molar-refractivity contribution in [3.05, 3.63) is 6.33 Å². The third-order valence-corrected chi connectivity index (χ3v) is 7.63. The number of nitrogens with two attached hydrogens (primary N) is 1. The second-order valence-corrected chi connectivity index (χ2v) is 10.0. The second kappa shape index (κ2) is 8.03. The molecule has 0 spiro atoms. The first-order chi connectivity index (χ1) is 14.5. The number of nitrogens with zero attached hydrogens (tertiary/aromatic N) is 4. The Bertz CT molecular complexity index is 945. The number of hydrogen-bond acceptors (Lipinski definition) is 9. The molecule has 3 fully saturated rings. The lowest BCUT2D eigenvalue weighted by atomic mass is 10.1. The summed E-state index contributed by atoms with van der Waals surface area (Å²) in [6, 6.07) is 0.170. The van der Waals surface area contributed by atoms with Crippen molar-refractivity contribution in [3.63, 3.8) is 0 Å². The van der Waals surface area contributed by atoms with Gasteiger partial charge in [0, 0.05) is 16.6 Å². The topological polar surface area (TPSA) is 146 Å². The summed E-state index contributed by atoms with van der Waals surface area (Å²) in [4.78, 5) is 12.9. The molecule has 0 amide bonds. The van der Waals surface area contributed by atoms with Crippen LogP contribution in [0.5, 0.6) is 6.01 Å². The third-order valence-electron chi connectivity index (χ3n) is 6.08. The van der Waals surface area contributed by atoms with E-state index in [4.69, 9.17) is 15.2 Å². The Morgan fingerprint density at radius 3 is 2.67 bits per heavy atom. The summed E-state index contributed by atoms with van der Waals surface area (Å²) in [6.07, 6.45) is 3.89. The summed E-state index contributed by atoms with van der Waals surface area (Å²) in [5.41, 5.74) is 6.79. The van der Waals surface area contributed by atoms with Gasteiger partial charge in [0.05, 0.1) is 12.1 Å². The fourth-order valence-corrected chi connectivity index (χ4v) is 5.84. The summed E-state index contributed by atoms with van der Waals surface area (Å²) in [5, 5.41) is 21.1. The molecule has 2 aromatic rings. The van der Waals surface area contributed by atoms with E-state index in [2.05, 4.69) is 15.0 Å². The van der Waals surface area contributed by atoms with Crippen molar-refractivity contribution >= 4 is 27.8 Å². The van der Waals surface area contributed by atoms with Gasteiger partial charge in [0.1, 0.15) is 24.4 Å². The van der Waals surface area contributed by atoms with Gasteiger partial charge in [0.2, 0.25) is 0 Å². The molecule has 2 saturated carbocycles. The number of rotatable bonds is 7. The normalized spacial score (nSPS) is 30.9. The molecule has 5 atom stereocenters. The van der Waals surface area contributed by atoms with Crippen molar-refractivity contribution in [2.75, 3.05) is 17.2 Å². The molecule has 3 heterocycles. The molecule has 30 heavy (non-hydrogen) atoms. The first-order valence-corrected chi connectivity index (χ1v) is 12.0. The van der Waals surface area contributed by atoms with Gasteiger partial charge >= 0.3 is 6.01 Å². The maximum absolute atomic E-state index is 12.3. The van der Waals surface area contributed by atoms with Crippen molar-refractivity contribution in [2.45, 2.75) is 69.2 Å². The first kappa shape index (κ1) is 20.1. The van der Waals surface area contributed by atoms with Crippen LogP contribution in [-0.2, 0) is 15.5 Å². The minimum atomic E-state index is -1.21. The Balaban J connectivity index is 1.37. The molecule has 0 radical (unpaired) electrons. The molecule has 3 aliphatic rings. The lowest BCUT2D eigenvalue weighted by molar-refractivity contribution is -0.0291. The van der Waals surface area contributed by atoms with Crippen LogP contribution in [0.4, 0.5) is 5.82 Å². The standard InChI is InChI=1S/C19H27N5O5S/c20-16-13-17(23-19(22-16)28-11-3-1-2-4-11)24(9-21-13)18-15(26)14(25)12(29-18)8-30(27)7-10-5-6-10/h9-12,14-15,18,25-26H,1-8H2,(H2,20,22,23)/t12-,14-,15-,18-,30?/m1/s1. The van der Waals surface area contributed by atoms with E-state index in [9.17, 15) is 14.4 Å². The number of fused-ring (bicyclic) bond motifs is 1. The largest absolute Gasteiger partial charge is 0.460 e. The van der Waals surface area contributed by atoms with Crippen LogP contribution in [0.25, 0.3) is 11.2 Å². The molecule has 4 N–H and O–H groups in total. The Morgan fingerprint density at radius 2 is 1.93 bits per heavy atom. The van der Waals surface area contributed by atoms with E-state index in [1.54, 1.807) is 0 Å². The number of imidazole rings is 1. The monoisotopic (exact) mass is 437 g/mol. The average molecular weight is 438 g/mol. The summed E-state index contributed by atoms with van der Waals surface area (Å²) < 4.78 is 25.7. The first-order valence-electron chi connectivity index (χ1n) is 10.5. The van der Waals surface area contributed by atoms with Crippen molar-refractivity contribution in [1.82, 2.24) is 19.5 Å². The number of hydrogen-bond donors (Lipinski definition) is 3. The lowest BCUT2D eigenvalue weighted by Crippen LogP contribution is -2.34. The van der Waals surface area contributed by atoms with Crippen LogP contribution in [0.15, 0.2) is 6.33 Å². The molecule has 11 heteroatoms. The maximum atomic E-state index is 12.3. The number of aliphatic hydroxyl groups is 2. The SMILES string of the molecule is Nc1nc(OC2CCCC2)nc2c1ncn2[C@@H]1O[C@H](CS(=O)CC2CC2)[C@@H](O)[C@H]1O. The molecule has 2 aliphatic carbocycles. The summed E-state index contributed by atoms with van der Waals surface area (Å²) in [6.45, 7) is 0. The number of nitrogen functional groups attached to an aromatic ring is 1. The van der Waals surface area contributed by atoms with Gasteiger partial charge in [-0.05, 0) is 44.4 Å². The Kier molecular flexibility index (Phi) is 5.38.